The Balaban J connectivity index is 4.59. The van der Waals surface area contributed by atoms with Gasteiger partial charge in [0.05, 0.1) is 6.61 Å². The lowest BCUT2D eigenvalue weighted by Gasteiger charge is -2.19. The van der Waals surface area contributed by atoms with Crippen LogP contribution < -0.4 is 10.6 Å². The molecule has 0 saturated heterocycles. The van der Waals surface area contributed by atoms with Crippen LogP contribution in [0.3, 0.4) is 0 Å². The Hall–Kier alpha value is -1.92. The Kier molecular flexibility index (Phi) is 6.62. The molecule has 0 aliphatic heterocycles. The molecule has 0 saturated carbocycles. The average Bonchev–Trinajstić information content (AvgIpc) is 2.24. The van der Waals surface area contributed by atoms with Crippen LogP contribution in [0.15, 0.2) is 0 Å². The summed E-state index contributed by atoms with van der Waals surface area (Å²) in [5.41, 5.74) is 0. The fraction of sp³-hybridized carbons (Fsp3) is 0.636. The van der Waals surface area contributed by atoms with Crippen molar-refractivity contribution in [3.63, 3.8) is 0 Å². The number of hydrogen-bond acceptors (Lipinski definition) is 5. The molecule has 0 aromatic heterocycles. The quantitative estimate of drug-likeness (QED) is 0.515. The standard InChI is InChI=1S/C11H18N2O5/c1-5-18-11(17)8(6(2)3)13-10(16)9(15)12-7(4)14/h6,8H,5H2,1-4H3,(H,13,16)(H,12,14,15)/t8-/m0/s1. The first kappa shape index (κ1) is 16.1. The molecule has 7 nitrogen and oxygen atoms in total. The summed E-state index contributed by atoms with van der Waals surface area (Å²) < 4.78 is 4.77. The SMILES string of the molecule is CCOC(=O)[C@@H](NC(=O)C(=O)NC(C)=O)C(C)C. The highest BCUT2D eigenvalue weighted by Gasteiger charge is 2.28. The summed E-state index contributed by atoms with van der Waals surface area (Å²) in [5.74, 6) is -3.64. The van der Waals surface area contributed by atoms with Crippen molar-refractivity contribution >= 4 is 23.7 Å². The first-order valence-corrected chi connectivity index (χ1v) is 5.58. The number of amides is 3. The van der Waals surface area contributed by atoms with Gasteiger partial charge in [-0.2, -0.15) is 0 Å². The molecule has 2 N–H and O–H groups in total. The summed E-state index contributed by atoms with van der Waals surface area (Å²) in [6, 6.07) is -0.921. The molecule has 0 aliphatic rings. The summed E-state index contributed by atoms with van der Waals surface area (Å²) in [5, 5.41) is 4.04. The molecule has 0 aliphatic carbocycles. The van der Waals surface area contributed by atoms with Gasteiger partial charge < -0.3 is 10.1 Å². The van der Waals surface area contributed by atoms with E-state index in [1.54, 1.807) is 20.8 Å². The molecule has 7 heteroatoms. The smallest absolute Gasteiger partial charge is 0.328 e. The van der Waals surface area contributed by atoms with Gasteiger partial charge in [0.1, 0.15) is 6.04 Å². The van der Waals surface area contributed by atoms with Gasteiger partial charge in [0, 0.05) is 6.92 Å². The number of carbonyl (C=O) groups excluding carboxylic acids is 4. The van der Waals surface area contributed by atoms with Gasteiger partial charge in [0.15, 0.2) is 0 Å². The first-order chi connectivity index (χ1) is 8.29. The lowest BCUT2D eigenvalue weighted by atomic mass is 10.0. The Labute approximate surface area is 105 Å². The van der Waals surface area contributed by atoms with Crippen LogP contribution >= 0.6 is 0 Å². The van der Waals surface area contributed by atoms with E-state index in [0.717, 1.165) is 6.92 Å². The van der Waals surface area contributed by atoms with E-state index in [1.165, 1.54) is 0 Å². The third-order valence-electron chi connectivity index (χ3n) is 1.99. The molecule has 0 bridgehead atoms. The van der Waals surface area contributed by atoms with Crippen LogP contribution in [0.4, 0.5) is 0 Å². The number of nitrogens with one attached hydrogen (secondary N) is 2. The van der Waals surface area contributed by atoms with E-state index in [2.05, 4.69) is 5.32 Å². The molecule has 18 heavy (non-hydrogen) atoms. The molecule has 0 aromatic rings. The minimum Gasteiger partial charge on any atom is -0.464 e. The normalized spacial score (nSPS) is 11.6. The molecule has 0 aromatic carbocycles. The largest absolute Gasteiger partial charge is 0.464 e. The van der Waals surface area contributed by atoms with Crippen molar-refractivity contribution in [2.45, 2.75) is 33.7 Å². The molecule has 3 amide bonds. The van der Waals surface area contributed by atoms with E-state index in [1.807, 2.05) is 5.32 Å². The van der Waals surface area contributed by atoms with E-state index < -0.39 is 29.7 Å². The Morgan fingerprint density at radius 3 is 2.06 bits per heavy atom. The molecule has 0 spiro atoms. The van der Waals surface area contributed by atoms with E-state index in [-0.39, 0.29) is 12.5 Å². The minimum atomic E-state index is -1.10. The van der Waals surface area contributed by atoms with Crippen LogP contribution in [0.25, 0.3) is 0 Å². The highest BCUT2D eigenvalue weighted by Crippen LogP contribution is 2.03. The number of rotatable bonds is 4. The van der Waals surface area contributed by atoms with Crippen molar-refractivity contribution in [1.82, 2.24) is 10.6 Å². The second kappa shape index (κ2) is 7.41. The fourth-order valence-corrected chi connectivity index (χ4v) is 1.15. The summed E-state index contributed by atoms with van der Waals surface area (Å²) in [7, 11) is 0. The molecule has 1 atom stereocenters. The van der Waals surface area contributed by atoms with Crippen molar-refractivity contribution in [1.29, 1.82) is 0 Å². The predicted octanol–water partition coefficient (Wildman–Crippen LogP) is -0.647. The van der Waals surface area contributed by atoms with E-state index in [0.29, 0.717) is 0 Å². The third-order valence-corrected chi connectivity index (χ3v) is 1.99. The van der Waals surface area contributed by atoms with Gasteiger partial charge in [-0.15, -0.1) is 0 Å². The van der Waals surface area contributed by atoms with Gasteiger partial charge in [-0.3, -0.25) is 19.7 Å². The number of carbonyl (C=O) groups is 4. The summed E-state index contributed by atoms with van der Waals surface area (Å²) >= 11 is 0. The van der Waals surface area contributed by atoms with E-state index in [9.17, 15) is 19.2 Å². The highest BCUT2D eigenvalue weighted by atomic mass is 16.5. The van der Waals surface area contributed by atoms with Crippen molar-refractivity contribution in [2.24, 2.45) is 5.92 Å². The van der Waals surface area contributed by atoms with Gasteiger partial charge in [0.2, 0.25) is 5.91 Å². The molecule has 0 rings (SSSR count). The zero-order valence-corrected chi connectivity index (χ0v) is 10.9. The maximum Gasteiger partial charge on any atom is 0.328 e. The zero-order valence-electron chi connectivity index (χ0n) is 10.9. The van der Waals surface area contributed by atoms with Gasteiger partial charge >= 0.3 is 17.8 Å². The fourth-order valence-electron chi connectivity index (χ4n) is 1.15. The van der Waals surface area contributed by atoms with E-state index >= 15 is 0 Å². The highest BCUT2D eigenvalue weighted by molar-refractivity contribution is 6.38. The molecule has 0 fully saturated rings. The van der Waals surface area contributed by atoms with Gasteiger partial charge in [-0.25, -0.2) is 4.79 Å². The van der Waals surface area contributed by atoms with Crippen LogP contribution in [-0.2, 0) is 23.9 Å². The minimum absolute atomic E-state index is 0.178. The van der Waals surface area contributed by atoms with Crippen molar-refractivity contribution in [3.05, 3.63) is 0 Å². The van der Waals surface area contributed by atoms with Crippen LogP contribution in [-0.4, -0.2) is 36.3 Å². The Bertz CT molecular complexity index is 351. The molecule has 0 unspecified atom stereocenters. The number of hydrogen-bond donors (Lipinski definition) is 2. The first-order valence-electron chi connectivity index (χ1n) is 5.58. The summed E-state index contributed by atoms with van der Waals surface area (Å²) in [6.45, 7) is 6.32. The number of imide groups is 1. The molecular weight excluding hydrogens is 240 g/mol. The molecule has 0 heterocycles. The van der Waals surface area contributed by atoms with E-state index in [4.69, 9.17) is 4.74 Å². The summed E-state index contributed by atoms with van der Waals surface area (Å²) in [4.78, 5) is 44.8. The maximum atomic E-state index is 11.5. The lowest BCUT2D eigenvalue weighted by Crippen LogP contribution is -2.51. The van der Waals surface area contributed by atoms with Crippen molar-refractivity contribution in [3.8, 4) is 0 Å². The molecule has 0 radical (unpaired) electrons. The van der Waals surface area contributed by atoms with Crippen LogP contribution in [0.2, 0.25) is 0 Å². The average molecular weight is 258 g/mol. The number of ether oxygens (including phenoxy) is 1. The van der Waals surface area contributed by atoms with Crippen LogP contribution in [0.5, 0.6) is 0 Å². The van der Waals surface area contributed by atoms with Crippen LogP contribution in [0, 0.1) is 5.92 Å². The third kappa shape index (κ3) is 5.42. The van der Waals surface area contributed by atoms with Crippen LogP contribution in [0.1, 0.15) is 27.7 Å². The zero-order chi connectivity index (χ0) is 14.3. The second-order valence-electron chi connectivity index (χ2n) is 3.96. The second-order valence-corrected chi connectivity index (χ2v) is 3.96. The Morgan fingerprint density at radius 1 is 1.11 bits per heavy atom. The molecule has 102 valence electrons. The maximum absolute atomic E-state index is 11.5. The summed E-state index contributed by atoms with van der Waals surface area (Å²) in [6.07, 6.45) is 0. The monoisotopic (exact) mass is 258 g/mol. The van der Waals surface area contributed by atoms with Crippen molar-refractivity contribution in [2.75, 3.05) is 6.61 Å². The molecular formula is C11H18N2O5. The topological polar surface area (TPSA) is 102 Å². The lowest BCUT2D eigenvalue weighted by molar-refractivity contribution is -0.150. The van der Waals surface area contributed by atoms with Crippen molar-refractivity contribution < 1.29 is 23.9 Å². The van der Waals surface area contributed by atoms with Gasteiger partial charge in [0.25, 0.3) is 0 Å². The predicted molar refractivity (Wildman–Crippen MR) is 62.2 cm³/mol. The van der Waals surface area contributed by atoms with Gasteiger partial charge in [-0.1, -0.05) is 13.8 Å². The van der Waals surface area contributed by atoms with Gasteiger partial charge in [-0.05, 0) is 12.8 Å². The Morgan fingerprint density at radius 2 is 1.67 bits per heavy atom. The number of esters is 1.